The Morgan fingerprint density at radius 3 is 1.63 bits per heavy atom. The maximum atomic E-state index is 13.1. The van der Waals surface area contributed by atoms with Crippen molar-refractivity contribution < 1.29 is 49.2 Å². The number of hydrogen-bond donors (Lipinski definition) is 0. The van der Waals surface area contributed by atoms with E-state index in [4.69, 9.17) is 4.74 Å². The molecule has 0 spiro atoms. The molecule has 13 heteroatoms. The summed E-state index contributed by atoms with van der Waals surface area (Å²) < 4.78 is 104. The number of fused-ring (bicyclic) bond motifs is 2. The van der Waals surface area contributed by atoms with Crippen LogP contribution in [0.3, 0.4) is 0 Å². The number of esters is 1. The molecular formula is C28H19F5O6S2. The molecular weight excluding hydrogens is 591 g/mol. The molecule has 5 rings (SSSR count). The molecule has 4 aromatic carbocycles. The molecule has 41 heavy (non-hydrogen) atoms. The maximum Gasteiger partial charge on any atom is 0.432 e. The molecule has 4 aromatic rings. The van der Waals surface area contributed by atoms with Crippen LogP contribution >= 0.6 is 0 Å². The highest BCUT2D eigenvalue weighted by atomic mass is 32.2. The first-order valence-corrected chi connectivity index (χ1v) is 14.3. The molecule has 1 unspecified atom stereocenters. The summed E-state index contributed by atoms with van der Waals surface area (Å²) in [6.07, 6.45) is -10.4. The highest BCUT2D eigenvalue weighted by molar-refractivity contribution is 7.97. The molecule has 0 saturated heterocycles. The number of hydrogen-bond acceptors (Lipinski definition) is 6. The highest BCUT2D eigenvalue weighted by Crippen LogP contribution is 2.46. The molecule has 1 aliphatic rings. The van der Waals surface area contributed by atoms with E-state index in [2.05, 4.69) is 59.3 Å². The molecule has 0 N–H and O–H groups in total. The van der Waals surface area contributed by atoms with Crippen LogP contribution in [0.25, 0.3) is 0 Å². The van der Waals surface area contributed by atoms with Crippen molar-refractivity contribution in [2.24, 2.45) is 0 Å². The van der Waals surface area contributed by atoms with E-state index in [1.54, 1.807) is 0 Å². The first-order valence-electron chi connectivity index (χ1n) is 11.6. The average molecular weight is 611 g/mol. The van der Waals surface area contributed by atoms with Gasteiger partial charge < -0.3 is 14.0 Å². The molecule has 0 aromatic heterocycles. The molecule has 0 fully saturated rings. The van der Waals surface area contributed by atoms with Gasteiger partial charge >= 0.3 is 17.4 Å². The molecule has 214 valence electrons. The van der Waals surface area contributed by atoms with E-state index >= 15 is 0 Å². The Hall–Kier alpha value is -3.94. The number of halogens is 5. The molecule has 0 bridgehead atoms. The third-order valence-corrected chi connectivity index (χ3v) is 8.69. The van der Waals surface area contributed by atoms with Crippen LogP contribution in [-0.2, 0) is 25.7 Å². The predicted octanol–water partition coefficient (Wildman–Crippen LogP) is 6.80. The minimum absolute atomic E-state index is 0.0829. The monoisotopic (exact) mass is 610 g/mol. The Morgan fingerprint density at radius 2 is 1.17 bits per heavy atom. The van der Waals surface area contributed by atoms with Gasteiger partial charge in [0.15, 0.2) is 26.5 Å². The lowest BCUT2D eigenvalue weighted by atomic mass is 10.2. The smallest absolute Gasteiger partial charge is 0.432 e. The van der Waals surface area contributed by atoms with E-state index in [9.17, 15) is 39.7 Å². The number of alkyl halides is 5. The van der Waals surface area contributed by atoms with Crippen LogP contribution in [-0.4, -0.2) is 36.5 Å². The molecule has 0 radical (unpaired) electrons. The summed E-state index contributed by atoms with van der Waals surface area (Å²) in [4.78, 5) is 15.2. The van der Waals surface area contributed by atoms with E-state index in [0.29, 0.717) is 0 Å². The van der Waals surface area contributed by atoms with Crippen LogP contribution in [0.2, 0.25) is 0 Å². The van der Waals surface area contributed by atoms with Gasteiger partial charge in [-0.25, -0.2) is 13.2 Å². The van der Waals surface area contributed by atoms with Gasteiger partial charge in [0.2, 0.25) is 9.79 Å². The fraction of sp³-hybridized carbons (Fsp3) is 0.107. The molecule has 1 heterocycles. The first kappa shape index (κ1) is 30.0. The Morgan fingerprint density at radius 1 is 0.732 bits per heavy atom. The van der Waals surface area contributed by atoms with E-state index in [1.807, 2.05) is 24.3 Å². The topological polar surface area (TPSA) is 92.7 Å². The molecule has 1 atom stereocenters. The van der Waals surface area contributed by atoms with Crippen LogP contribution in [0.1, 0.15) is 10.4 Å². The van der Waals surface area contributed by atoms with E-state index in [-0.39, 0.29) is 10.9 Å². The highest BCUT2D eigenvalue weighted by Gasteiger charge is 2.63. The second-order valence-electron chi connectivity index (χ2n) is 8.32. The number of carbonyl (C=O) groups excluding carboxylic acids is 1. The van der Waals surface area contributed by atoms with Crippen LogP contribution < -0.4 is 4.74 Å². The number of benzene rings is 4. The second kappa shape index (κ2) is 11.9. The zero-order chi connectivity index (χ0) is 29.8. The van der Waals surface area contributed by atoms with Gasteiger partial charge in [0.1, 0.15) is 10.9 Å². The Labute approximate surface area is 234 Å². The Kier molecular flexibility index (Phi) is 8.71. The number of ether oxygens (including phenoxy) is 2. The van der Waals surface area contributed by atoms with E-state index in [0.717, 1.165) is 23.6 Å². The van der Waals surface area contributed by atoms with Gasteiger partial charge in [0.25, 0.3) is 6.10 Å². The fourth-order valence-corrected chi connectivity index (χ4v) is 6.33. The largest absolute Gasteiger partial charge is 0.743 e. The van der Waals surface area contributed by atoms with Gasteiger partial charge in [-0.3, -0.25) is 0 Å². The van der Waals surface area contributed by atoms with Gasteiger partial charge in [0, 0.05) is 0 Å². The molecule has 0 amide bonds. The first-order chi connectivity index (χ1) is 19.3. The molecule has 0 aliphatic carbocycles. The third kappa shape index (κ3) is 6.69. The van der Waals surface area contributed by atoms with Crippen molar-refractivity contribution in [1.29, 1.82) is 0 Å². The van der Waals surface area contributed by atoms with Gasteiger partial charge in [-0.05, 0) is 48.5 Å². The molecule has 1 aliphatic heterocycles. The summed E-state index contributed by atoms with van der Waals surface area (Å²) in [5.41, 5.74) is -0.522. The van der Waals surface area contributed by atoms with Gasteiger partial charge in [-0.2, -0.15) is 22.0 Å². The zero-order valence-corrected chi connectivity index (χ0v) is 22.3. The van der Waals surface area contributed by atoms with E-state index < -0.39 is 39.2 Å². The van der Waals surface area contributed by atoms with Gasteiger partial charge in [0.05, 0.1) is 5.56 Å². The summed E-state index contributed by atoms with van der Waals surface area (Å²) in [6.45, 7) is 0. The van der Waals surface area contributed by atoms with Crippen LogP contribution in [0.5, 0.6) is 11.5 Å². The van der Waals surface area contributed by atoms with Crippen LogP contribution in [0, 0.1) is 0 Å². The summed E-state index contributed by atoms with van der Waals surface area (Å²) in [7, 11) is -6.78. The summed E-state index contributed by atoms with van der Waals surface area (Å²) >= 11 is 0. The quantitative estimate of drug-likeness (QED) is 0.0941. The van der Waals surface area contributed by atoms with Crippen molar-refractivity contribution in [3.8, 4) is 11.5 Å². The predicted molar refractivity (Wildman–Crippen MR) is 138 cm³/mol. The van der Waals surface area contributed by atoms with Crippen LogP contribution in [0.4, 0.5) is 22.0 Å². The fourth-order valence-electron chi connectivity index (χ4n) is 3.66. The lowest BCUT2D eigenvalue weighted by Crippen LogP contribution is -2.52. The minimum Gasteiger partial charge on any atom is -0.743 e. The normalized spacial score (nSPS) is 13.9. The zero-order valence-electron chi connectivity index (χ0n) is 20.6. The SMILES string of the molecule is O=C(OC(C(F)(F)F)C(F)(F)S(=O)(=O)[O-])c1ccccc1.c1ccc([S+]2c3ccccc3Oc3ccccc32)cc1. The van der Waals surface area contributed by atoms with Crippen molar-refractivity contribution in [2.45, 2.75) is 32.2 Å². The standard InChI is InChI=1S/C18H13OS.C10H7F5O5S/c1-2-8-14(9-3-1)20-17-12-6-4-10-15(17)19-16-11-5-7-13-18(16)20;11-9(12,13)8(10(14,15)21(17,18)19)20-7(16)6-4-2-1-3-5-6/h1-13H;1-5,8H,(H,17,18,19)/q+1;/p-1. The van der Waals surface area contributed by atoms with Crippen LogP contribution in [0.15, 0.2) is 124 Å². The molecule has 6 nitrogen and oxygen atoms in total. The average Bonchev–Trinajstić information content (AvgIpc) is 2.94. The van der Waals surface area contributed by atoms with Gasteiger partial charge in [-0.15, -0.1) is 0 Å². The second-order valence-corrected chi connectivity index (χ2v) is 11.7. The summed E-state index contributed by atoms with van der Waals surface area (Å²) in [6, 6.07) is 33.0. The summed E-state index contributed by atoms with van der Waals surface area (Å²) in [5.74, 6) is 0.0954. The lowest BCUT2D eigenvalue weighted by Gasteiger charge is -2.29. The van der Waals surface area contributed by atoms with Gasteiger partial charge in [-0.1, -0.05) is 60.7 Å². The Balaban J connectivity index is 0.000000189. The van der Waals surface area contributed by atoms with Crippen molar-refractivity contribution in [3.63, 3.8) is 0 Å². The Bertz CT molecular complexity index is 1570. The van der Waals surface area contributed by atoms with Crippen molar-refractivity contribution >= 4 is 27.0 Å². The summed E-state index contributed by atoms with van der Waals surface area (Å²) in [5, 5.41) is -5.85. The number of rotatable bonds is 5. The maximum absolute atomic E-state index is 13.1. The lowest BCUT2D eigenvalue weighted by molar-refractivity contribution is -0.248. The minimum atomic E-state index is -6.69. The number of carbonyl (C=O) groups is 1. The van der Waals surface area contributed by atoms with Crippen molar-refractivity contribution in [3.05, 3.63) is 115 Å². The van der Waals surface area contributed by atoms with E-state index in [1.165, 1.54) is 32.9 Å². The third-order valence-electron chi connectivity index (χ3n) is 5.51. The number of para-hydroxylation sites is 2. The van der Waals surface area contributed by atoms with Crippen molar-refractivity contribution in [2.75, 3.05) is 0 Å². The molecule has 0 saturated carbocycles. The van der Waals surface area contributed by atoms with Crippen molar-refractivity contribution in [1.82, 2.24) is 0 Å².